The zero-order valence-electron chi connectivity index (χ0n) is 31.5. The highest BCUT2D eigenvalue weighted by molar-refractivity contribution is 5.91. The summed E-state index contributed by atoms with van der Waals surface area (Å²) in [5, 5.41) is 19.8. The van der Waals surface area contributed by atoms with Gasteiger partial charge in [-0.15, -0.1) is 12.8 Å². The standard InChI is InChI=1S/C15H28N6O5.C9H13N.2C4H10.C2H2.CH4O/c1-3-4-5-17-12(23)7-19-14(25)10-21(2)15(26)9-20-13(24)8-18-11(22)6-16;1-3-8-6-4-5-7-9(8)10-2;2*1-4(2)3;2*1-2/h3-10,16H2,1-2H3,(H,17,23)(H,18,22)(H,19,25)(H,20,24);4-7,10H,3H2,1-2H3;2*4H,1-3H3;1-2H;2H,1H3. The molecule has 278 valence electrons. The number of hydrogen-bond acceptors (Lipinski definition) is 8. The molecule has 0 heterocycles. The van der Waals surface area contributed by atoms with Crippen molar-refractivity contribution in [1.82, 2.24) is 26.2 Å². The van der Waals surface area contributed by atoms with Crippen molar-refractivity contribution in [3.8, 4) is 12.8 Å². The third-order valence-electron chi connectivity index (χ3n) is 4.84. The number of nitrogens with zero attached hydrogens (tertiary/aromatic N) is 1. The molecule has 0 unspecified atom stereocenters. The zero-order valence-corrected chi connectivity index (χ0v) is 31.5. The van der Waals surface area contributed by atoms with Crippen LogP contribution in [0.15, 0.2) is 24.3 Å². The molecule has 1 rings (SSSR count). The van der Waals surface area contributed by atoms with Crippen LogP contribution in [0.4, 0.5) is 5.69 Å². The van der Waals surface area contributed by atoms with Crippen molar-refractivity contribution in [2.75, 3.05) is 65.8 Å². The number of amides is 5. The van der Waals surface area contributed by atoms with Gasteiger partial charge in [0.2, 0.25) is 29.5 Å². The Morgan fingerprint density at radius 3 is 1.62 bits per heavy atom. The molecule has 13 nitrogen and oxygen atoms in total. The van der Waals surface area contributed by atoms with Crippen LogP contribution in [-0.4, -0.2) is 100 Å². The molecule has 0 saturated heterocycles. The van der Waals surface area contributed by atoms with Gasteiger partial charge in [0, 0.05) is 33.4 Å². The van der Waals surface area contributed by atoms with Crippen LogP contribution in [0.3, 0.4) is 0 Å². The van der Waals surface area contributed by atoms with Gasteiger partial charge < -0.3 is 42.3 Å². The summed E-state index contributed by atoms with van der Waals surface area (Å²) in [6, 6.07) is 8.36. The molecule has 13 heteroatoms. The minimum Gasteiger partial charge on any atom is -0.400 e. The molecule has 0 fully saturated rings. The van der Waals surface area contributed by atoms with E-state index in [1.54, 1.807) is 0 Å². The molecule has 0 spiro atoms. The second-order valence-electron chi connectivity index (χ2n) is 11.2. The number of aryl methyl sites for hydroxylation is 1. The molecular formula is C35H67N7O6. The van der Waals surface area contributed by atoms with Crippen molar-refractivity contribution in [3.05, 3.63) is 29.8 Å². The Kier molecular flexibility index (Phi) is 43.4. The third kappa shape index (κ3) is 41.9. The highest BCUT2D eigenvalue weighted by Crippen LogP contribution is 2.13. The van der Waals surface area contributed by atoms with Crippen LogP contribution in [0.25, 0.3) is 0 Å². The van der Waals surface area contributed by atoms with Crippen LogP contribution in [0, 0.1) is 24.7 Å². The molecule has 0 aliphatic rings. The number of carbonyl (C=O) groups excluding carboxylic acids is 5. The maximum Gasteiger partial charge on any atom is 0.242 e. The first-order valence-corrected chi connectivity index (χ1v) is 16.2. The average molecular weight is 682 g/mol. The predicted octanol–water partition coefficient (Wildman–Crippen LogP) is 2.14. The second-order valence-corrected chi connectivity index (χ2v) is 11.2. The Hall–Kier alpha value is -4.15. The van der Waals surface area contributed by atoms with Gasteiger partial charge in [0.25, 0.3) is 0 Å². The number of aliphatic hydroxyl groups excluding tert-OH is 1. The quantitative estimate of drug-likeness (QED) is 0.115. The van der Waals surface area contributed by atoms with Crippen LogP contribution < -0.4 is 32.3 Å². The smallest absolute Gasteiger partial charge is 0.242 e. The minimum atomic E-state index is -0.554. The summed E-state index contributed by atoms with van der Waals surface area (Å²) in [6.07, 6.45) is 10.9. The summed E-state index contributed by atoms with van der Waals surface area (Å²) >= 11 is 0. The first kappa shape index (κ1) is 53.3. The van der Waals surface area contributed by atoms with E-state index in [0.29, 0.717) is 6.54 Å². The fraction of sp³-hybridized carbons (Fsp3) is 0.629. The normalized spacial score (nSPS) is 8.94. The molecule has 0 atom stereocenters. The third-order valence-corrected chi connectivity index (χ3v) is 4.84. The summed E-state index contributed by atoms with van der Waals surface area (Å²) in [5.74, 6) is -0.660. The summed E-state index contributed by atoms with van der Waals surface area (Å²) in [7, 11) is 4.35. The van der Waals surface area contributed by atoms with E-state index in [4.69, 9.17) is 10.8 Å². The number of anilines is 1. The zero-order chi connectivity index (χ0) is 38.5. The van der Waals surface area contributed by atoms with E-state index in [2.05, 4.69) is 106 Å². The first-order valence-electron chi connectivity index (χ1n) is 16.2. The van der Waals surface area contributed by atoms with E-state index in [-0.39, 0.29) is 38.6 Å². The Balaban J connectivity index is -0.000000226. The lowest BCUT2D eigenvalue weighted by molar-refractivity contribution is -0.135. The number of hydrogen-bond donors (Lipinski definition) is 7. The van der Waals surface area contributed by atoms with E-state index in [1.807, 2.05) is 20.0 Å². The van der Waals surface area contributed by atoms with Gasteiger partial charge in [-0.05, 0) is 36.3 Å². The fourth-order valence-corrected chi connectivity index (χ4v) is 2.70. The maximum atomic E-state index is 11.8. The molecule has 0 aliphatic carbocycles. The molecule has 1 aromatic rings. The van der Waals surface area contributed by atoms with Gasteiger partial charge in [0.15, 0.2) is 0 Å². The van der Waals surface area contributed by atoms with Crippen LogP contribution in [0.5, 0.6) is 0 Å². The number of nitrogens with two attached hydrogens (primary N) is 1. The Morgan fingerprint density at radius 1 is 0.771 bits per heavy atom. The number of nitrogens with one attached hydrogen (secondary N) is 5. The molecule has 1 aromatic carbocycles. The summed E-state index contributed by atoms with van der Waals surface area (Å²) in [5.41, 5.74) is 7.69. The van der Waals surface area contributed by atoms with Crippen molar-refractivity contribution in [3.63, 3.8) is 0 Å². The van der Waals surface area contributed by atoms with E-state index in [9.17, 15) is 24.0 Å². The van der Waals surface area contributed by atoms with Crippen molar-refractivity contribution < 1.29 is 29.1 Å². The number of aliphatic hydroxyl groups is 1. The van der Waals surface area contributed by atoms with Gasteiger partial charge in [0.05, 0.1) is 32.7 Å². The summed E-state index contributed by atoms with van der Waals surface area (Å²) < 4.78 is 0. The number of terminal acetylenes is 1. The summed E-state index contributed by atoms with van der Waals surface area (Å²) in [6.45, 7) is 16.5. The second kappa shape index (κ2) is 39.0. The molecule has 0 aromatic heterocycles. The van der Waals surface area contributed by atoms with Crippen LogP contribution in [0.1, 0.15) is 73.8 Å². The van der Waals surface area contributed by atoms with Crippen LogP contribution >= 0.6 is 0 Å². The summed E-state index contributed by atoms with van der Waals surface area (Å²) in [4.78, 5) is 58.5. The number of unbranched alkanes of at least 4 members (excludes halogenated alkanes) is 1. The number of benzene rings is 1. The highest BCUT2D eigenvalue weighted by atomic mass is 16.2. The number of rotatable bonds is 14. The Bertz CT molecular complexity index is 951. The molecule has 0 aliphatic heterocycles. The predicted molar refractivity (Wildman–Crippen MR) is 198 cm³/mol. The van der Waals surface area contributed by atoms with Crippen molar-refractivity contribution >= 4 is 35.2 Å². The van der Waals surface area contributed by atoms with E-state index >= 15 is 0 Å². The first-order chi connectivity index (χ1) is 22.6. The molecule has 5 amide bonds. The fourth-order valence-electron chi connectivity index (χ4n) is 2.70. The topological polar surface area (TPSA) is 195 Å². The lowest BCUT2D eigenvalue weighted by Gasteiger charge is -2.17. The monoisotopic (exact) mass is 682 g/mol. The van der Waals surface area contributed by atoms with Crippen LogP contribution in [0.2, 0.25) is 0 Å². The van der Waals surface area contributed by atoms with Gasteiger partial charge >= 0.3 is 0 Å². The molecule has 0 bridgehead atoms. The van der Waals surface area contributed by atoms with E-state index in [1.165, 1.54) is 18.3 Å². The van der Waals surface area contributed by atoms with Gasteiger partial charge in [-0.1, -0.05) is 80.0 Å². The number of carbonyl (C=O) groups is 5. The van der Waals surface area contributed by atoms with E-state index < -0.39 is 23.6 Å². The lowest BCUT2D eigenvalue weighted by Crippen LogP contribution is -2.46. The largest absolute Gasteiger partial charge is 0.400 e. The van der Waals surface area contributed by atoms with Crippen molar-refractivity contribution in [1.29, 1.82) is 0 Å². The molecule has 48 heavy (non-hydrogen) atoms. The Morgan fingerprint density at radius 2 is 1.21 bits per heavy atom. The molecule has 8 N–H and O–H groups in total. The van der Waals surface area contributed by atoms with Gasteiger partial charge in [-0.2, -0.15) is 0 Å². The van der Waals surface area contributed by atoms with Crippen LogP contribution in [-0.2, 0) is 30.4 Å². The molecule has 0 saturated carbocycles. The maximum absolute atomic E-state index is 11.8. The van der Waals surface area contributed by atoms with Gasteiger partial charge in [-0.25, -0.2) is 0 Å². The minimum absolute atomic E-state index is 0.165. The van der Waals surface area contributed by atoms with Crippen molar-refractivity contribution in [2.45, 2.75) is 74.7 Å². The number of para-hydroxylation sites is 1. The molecule has 0 radical (unpaired) electrons. The highest BCUT2D eigenvalue weighted by Gasteiger charge is 2.14. The average Bonchev–Trinajstić information content (AvgIpc) is 3.06. The van der Waals surface area contributed by atoms with Gasteiger partial charge in [0.1, 0.15) is 0 Å². The molecular weight excluding hydrogens is 614 g/mol. The lowest BCUT2D eigenvalue weighted by atomic mass is 10.1. The van der Waals surface area contributed by atoms with E-state index in [0.717, 1.165) is 43.1 Å². The SMILES string of the molecule is C#C.CC(C)C.CC(C)C.CCCCNC(=O)CNC(=O)CN(C)C(=O)CNC(=O)CNC(=O)CN.CCc1ccccc1NC.CO. The number of likely N-dealkylation sites (N-methyl/N-ethyl adjacent to an activating group) is 1. The van der Waals surface area contributed by atoms with Crippen molar-refractivity contribution in [2.24, 2.45) is 17.6 Å². The Labute approximate surface area is 290 Å². The van der Waals surface area contributed by atoms with Gasteiger partial charge in [-0.3, -0.25) is 24.0 Å².